The monoisotopic (exact) mass is 323 g/mol. The zero-order valence-corrected chi connectivity index (χ0v) is 13.5. The maximum absolute atomic E-state index is 11.0. The molecule has 4 nitrogen and oxygen atoms in total. The predicted octanol–water partition coefficient (Wildman–Crippen LogP) is 3.39. The van der Waals surface area contributed by atoms with Gasteiger partial charge in [0.2, 0.25) is 0 Å². The van der Waals surface area contributed by atoms with Gasteiger partial charge in [-0.25, -0.2) is 4.98 Å². The van der Waals surface area contributed by atoms with Gasteiger partial charge in [-0.05, 0) is 18.9 Å². The van der Waals surface area contributed by atoms with Crippen molar-refractivity contribution in [2.75, 3.05) is 35.7 Å². The van der Waals surface area contributed by atoms with Crippen LogP contribution in [0, 0.1) is 0 Å². The normalized spacial score (nSPS) is 12.2. The molecule has 0 fully saturated rings. The molecule has 0 bridgehead atoms. The fraction of sp³-hybridized carbons (Fsp3) is 0.583. The number of nitrogens with zero attached hydrogens (tertiary/aromatic N) is 1. The molecule has 0 amide bonds. The maximum atomic E-state index is 11.0. The molecule has 2 N–H and O–H groups in total. The largest absolute Gasteiger partial charge is 0.369 e. The van der Waals surface area contributed by atoms with Crippen molar-refractivity contribution in [3.05, 3.63) is 16.1 Å². The lowest BCUT2D eigenvalue weighted by atomic mass is 10.4. The standard InChI is InChI=1S/C12H19Cl2N3OS/c1-3-5-15-11-9(13)8-10(14)12(17-11)16-6-4-7-19(2)18/h8H,3-7H2,1-2H3,(H2,15,16,17). The summed E-state index contributed by atoms with van der Waals surface area (Å²) in [6.45, 7) is 3.56. The molecule has 0 aliphatic rings. The Bertz CT molecular complexity index is 443. The number of anilines is 2. The van der Waals surface area contributed by atoms with Gasteiger partial charge >= 0.3 is 0 Å². The molecule has 1 aromatic rings. The fourth-order valence-electron chi connectivity index (χ4n) is 1.44. The highest BCUT2D eigenvalue weighted by Gasteiger charge is 2.08. The molecule has 1 aromatic heterocycles. The van der Waals surface area contributed by atoms with Gasteiger partial charge < -0.3 is 10.6 Å². The number of nitrogens with one attached hydrogen (secondary N) is 2. The Kier molecular flexibility index (Phi) is 7.49. The minimum Gasteiger partial charge on any atom is -0.369 e. The lowest BCUT2D eigenvalue weighted by molar-refractivity contribution is 0.685. The number of halogens is 2. The zero-order valence-electron chi connectivity index (χ0n) is 11.1. The van der Waals surface area contributed by atoms with Crippen molar-refractivity contribution in [1.29, 1.82) is 0 Å². The van der Waals surface area contributed by atoms with Crippen molar-refractivity contribution < 1.29 is 4.21 Å². The topological polar surface area (TPSA) is 54.0 Å². The van der Waals surface area contributed by atoms with Crippen molar-refractivity contribution in [1.82, 2.24) is 4.98 Å². The molecular weight excluding hydrogens is 305 g/mol. The fourth-order valence-corrected chi connectivity index (χ4v) is 2.48. The summed E-state index contributed by atoms with van der Waals surface area (Å²) < 4.78 is 11.0. The van der Waals surface area contributed by atoms with E-state index in [2.05, 4.69) is 22.5 Å². The molecule has 1 heterocycles. The molecule has 7 heteroatoms. The minimum absolute atomic E-state index is 0.490. The molecule has 108 valence electrons. The van der Waals surface area contributed by atoms with Crippen LogP contribution in [0.3, 0.4) is 0 Å². The third-order valence-corrected chi connectivity index (χ3v) is 3.81. The quantitative estimate of drug-likeness (QED) is 0.720. The first-order chi connectivity index (χ1) is 9.04. The minimum atomic E-state index is -0.768. The van der Waals surface area contributed by atoms with Crippen molar-refractivity contribution in [3.8, 4) is 0 Å². The van der Waals surface area contributed by atoms with Crippen LogP contribution in [0.4, 0.5) is 11.6 Å². The predicted molar refractivity (Wildman–Crippen MR) is 85.1 cm³/mol. The van der Waals surface area contributed by atoms with Crippen LogP contribution in [0.1, 0.15) is 19.8 Å². The van der Waals surface area contributed by atoms with Crippen LogP contribution in [-0.4, -0.2) is 34.3 Å². The van der Waals surface area contributed by atoms with Gasteiger partial charge in [-0.15, -0.1) is 0 Å². The van der Waals surface area contributed by atoms with Gasteiger partial charge in [0.25, 0.3) is 0 Å². The highest BCUT2D eigenvalue weighted by Crippen LogP contribution is 2.29. The van der Waals surface area contributed by atoms with E-state index in [1.165, 1.54) is 0 Å². The van der Waals surface area contributed by atoms with Crippen LogP contribution in [-0.2, 0) is 10.8 Å². The second kappa shape index (κ2) is 8.61. The average Bonchev–Trinajstić information content (AvgIpc) is 2.35. The molecule has 0 aromatic carbocycles. The first kappa shape index (κ1) is 16.5. The molecular formula is C12H19Cl2N3OS. The summed E-state index contributed by atoms with van der Waals surface area (Å²) in [4.78, 5) is 4.36. The Labute approximate surface area is 126 Å². The lowest BCUT2D eigenvalue weighted by Gasteiger charge is -2.12. The van der Waals surface area contributed by atoms with E-state index >= 15 is 0 Å². The number of pyridine rings is 1. The van der Waals surface area contributed by atoms with Crippen LogP contribution in [0.2, 0.25) is 10.0 Å². The smallest absolute Gasteiger partial charge is 0.147 e. The Balaban J connectivity index is 2.63. The maximum Gasteiger partial charge on any atom is 0.147 e. The average molecular weight is 324 g/mol. The van der Waals surface area contributed by atoms with Gasteiger partial charge in [0.1, 0.15) is 11.6 Å². The Morgan fingerprint density at radius 3 is 2.32 bits per heavy atom. The van der Waals surface area contributed by atoms with Gasteiger partial charge in [0.05, 0.1) is 10.0 Å². The first-order valence-electron chi connectivity index (χ1n) is 6.18. The molecule has 0 radical (unpaired) electrons. The van der Waals surface area contributed by atoms with E-state index in [9.17, 15) is 4.21 Å². The molecule has 0 aliphatic carbocycles. The van der Waals surface area contributed by atoms with Crippen LogP contribution in [0.5, 0.6) is 0 Å². The summed E-state index contributed by atoms with van der Waals surface area (Å²) in [7, 11) is -0.768. The molecule has 0 saturated heterocycles. The third kappa shape index (κ3) is 5.97. The molecule has 1 rings (SSSR count). The van der Waals surface area contributed by atoms with Crippen molar-refractivity contribution >= 4 is 45.6 Å². The van der Waals surface area contributed by atoms with Crippen molar-refractivity contribution in [3.63, 3.8) is 0 Å². The van der Waals surface area contributed by atoms with Gasteiger partial charge in [-0.3, -0.25) is 4.21 Å². The van der Waals surface area contributed by atoms with Gasteiger partial charge in [-0.1, -0.05) is 30.1 Å². The number of rotatable bonds is 8. The number of aromatic nitrogens is 1. The molecule has 0 saturated carbocycles. The van der Waals surface area contributed by atoms with E-state index in [1.54, 1.807) is 12.3 Å². The third-order valence-electron chi connectivity index (χ3n) is 2.37. The number of hydrogen-bond acceptors (Lipinski definition) is 4. The molecule has 0 aliphatic heterocycles. The van der Waals surface area contributed by atoms with E-state index in [1.807, 2.05) is 0 Å². The van der Waals surface area contributed by atoms with Crippen molar-refractivity contribution in [2.24, 2.45) is 0 Å². The van der Waals surface area contributed by atoms with E-state index in [0.29, 0.717) is 34.0 Å². The van der Waals surface area contributed by atoms with Crippen LogP contribution in [0.25, 0.3) is 0 Å². The second-order valence-corrected chi connectivity index (χ2v) is 6.50. The van der Waals surface area contributed by atoms with Crippen LogP contribution in [0.15, 0.2) is 6.07 Å². The molecule has 1 atom stereocenters. The zero-order chi connectivity index (χ0) is 14.3. The molecule has 0 spiro atoms. The summed E-state index contributed by atoms with van der Waals surface area (Å²) in [5.41, 5.74) is 0. The second-order valence-electron chi connectivity index (χ2n) is 4.13. The van der Waals surface area contributed by atoms with Crippen LogP contribution >= 0.6 is 23.2 Å². The number of hydrogen-bond donors (Lipinski definition) is 2. The van der Waals surface area contributed by atoms with Crippen molar-refractivity contribution in [2.45, 2.75) is 19.8 Å². The highest BCUT2D eigenvalue weighted by molar-refractivity contribution is 7.84. The Morgan fingerprint density at radius 2 is 1.79 bits per heavy atom. The van der Waals surface area contributed by atoms with E-state index < -0.39 is 10.8 Å². The van der Waals surface area contributed by atoms with E-state index in [-0.39, 0.29) is 0 Å². The molecule has 1 unspecified atom stereocenters. The van der Waals surface area contributed by atoms with Gasteiger partial charge in [0.15, 0.2) is 0 Å². The summed E-state index contributed by atoms with van der Waals surface area (Å²) in [5.74, 6) is 1.90. The summed E-state index contributed by atoms with van der Waals surface area (Å²) in [6, 6.07) is 1.68. The van der Waals surface area contributed by atoms with E-state index in [4.69, 9.17) is 23.2 Å². The van der Waals surface area contributed by atoms with Gasteiger partial charge in [-0.2, -0.15) is 0 Å². The molecule has 19 heavy (non-hydrogen) atoms. The summed E-state index contributed by atoms with van der Waals surface area (Å²) in [5, 5.41) is 7.29. The Hall–Kier alpha value is -0.520. The summed E-state index contributed by atoms with van der Waals surface area (Å²) >= 11 is 12.1. The Morgan fingerprint density at radius 1 is 1.21 bits per heavy atom. The SMILES string of the molecule is CCCNc1nc(NCCCS(C)=O)c(Cl)cc1Cl. The lowest BCUT2D eigenvalue weighted by Crippen LogP contribution is -2.09. The first-order valence-corrected chi connectivity index (χ1v) is 8.66. The van der Waals surface area contributed by atoms with Crippen LogP contribution < -0.4 is 10.6 Å². The summed E-state index contributed by atoms with van der Waals surface area (Å²) in [6.07, 6.45) is 3.49. The van der Waals surface area contributed by atoms with Gasteiger partial charge in [0, 0.05) is 35.9 Å². The van der Waals surface area contributed by atoms with E-state index in [0.717, 1.165) is 19.4 Å². The highest BCUT2D eigenvalue weighted by atomic mass is 35.5.